The van der Waals surface area contributed by atoms with Gasteiger partial charge in [0.2, 0.25) is 0 Å². The Morgan fingerprint density at radius 2 is 1.97 bits per heavy atom. The Labute approximate surface area is 208 Å². The lowest BCUT2D eigenvalue weighted by Crippen LogP contribution is -2.29. The molecule has 182 valence electrons. The summed E-state index contributed by atoms with van der Waals surface area (Å²) in [6.45, 7) is 3.32. The average molecular weight is 506 g/mol. The number of nitrogens with zero attached hydrogens (tertiary/aromatic N) is 3. The molecule has 1 saturated heterocycles. The SMILES string of the molecule is COc1ccc2nc(N3C(=O)C(=O)/C(=C(/O)c4cc(C)oc4C)C3c3cccc([N+](=O)[O-])c3)sc2c1. The van der Waals surface area contributed by atoms with Crippen molar-refractivity contribution < 1.29 is 28.8 Å². The van der Waals surface area contributed by atoms with Crippen molar-refractivity contribution in [3.8, 4) is 5.75 Å². The van der Waals surface area contributed by atoms with Crippen molar-refractivity contribution in [2.45, 2.75) is 19.9 Å². The first kappa shape index (κ1) is 23.2. The number of aryl methyl sites for hydroxylation is 2. The normalized spacial score (nSPS) is 17.2. The van der Waals surface area contributed by atoms with E-state index in [2.05, 4.69) is 4.98 Å². The molecular formula is C25H19N3O7S. The molecule has 0 bridgehead atoms. The molecule has 10 nitrogen and oxygen atoms in total. The second kappa shape index (κ2) is 8.61. The highest BCUT2D eigenvalue weighted by Gasteiger charge is 2.48. The van der Waals surface area contributed by atoms with Gasteiger partial charge in [-0.2, -0.15) is 0 Å². The zero-order valence-electron chi connectivity index (χ0n) is 19.3. The van der Waals surface area contributed by atoms with Crippen LogP contribution < -0.4 is 9.64 Å². The number of ether oxygens (including phenoxy) is 1. The lowest BCUT2D eigenvalue weighted by molar-refractivity contribution is -0.384. The van der Waals surface area contributed by atoms with Crippen LogP contribution in [-0.4, -0.2) is 33.8 Å². The molecule has 0 saturated carbocycles. The molecule has 1 atom stereocenters. The number of nitro groups is 1. The molecule has 1 amide bonds. The van der Waals surface area contributed by atoms with Gasteiger partial charge in [-0.3, -0.25) is 24.6 Å². The van der Waals surface area contributed by atoms with E-state index in [9.17, 15) is 24.8 Å². The molecule has 2 aromatic heterocycles. The van der Waals surface area contributed by atoms with E-state index in [0.717, 1.165) is 11.3 Å². The van der Waals surface area contributed by atoms with E-state index < -0.39 is 28.4 Å². The Balaban J connectivity index is 1.75. The molecule has 1 N–H and O–H groups in total. The number of aromatic nitrogens is 1. The third-order valence-corrected chi connectivity index (χ3v) is 6.95. The molecule has 11 heteroatoms. The van der Waals surface area contributed by atoms with E-state index in [1.54, 1.807) is 44.2 Å². The van der Waals surface area contributed by atoms with E-state index in [4.69, 9.17) is 9.15 Å². The number of rotatable bonds is 5. The first-order chi connectivity index (χ1) is 17.2. The van der Waals surface area contributed by atoms with Crippen LogP contribution in [0.5, 0.6) is 5.75 Å². The maximum atomic E-state index is 13.4. The van der Waals surface area contributed by atoms with E-state index >= 15 is 0 Å². The third-order valence-electron chi connectivity index (χ3n) is 5.93. The zero-order chi connectivity index (χ0) is 25.7. The van der Waals surface area contributed by atoms with Gasteiger partial charge in [-0.25, -0.2) is 4.98 Å². The summed E-state index contributed by atoms with van der Waals surface area (Å²) in [5.74, 6) is -0.794. The highest BCUT2D eigenvalue weighted by Crippen LogP contribution is 2.45. The number of benzene rings is 2. The van der Waals surface area contributed by atoms with Crippen molar-refractivity contribution in [1.29, 1.82) is 0 Å². The molecule has 1 fully saturated rings. The molecule has 1 aliphatic heterocycles. The second-order valence-electron chi connectivity index (χ2n) is 8.18. The fourth-order valence-corrected chi connectivity index (χ4v) is 5.31. The lowest BCUT2D eigenvalue weighted by atomic mass is 9.95. The van der Waals surface area contributed by atoms with Crippen LogP contribution in [0, 0.1) is 24.0 Å². The highest BCUT2D eigenvalue weighted by atomic mass is 32.1. The number of ketones is 1. The molecule has 0 aliphatic carbocycles. The average Bonchev–Trinajstić information content (AvgIpc) is 3.51. The minimum atomic E-state index is -1.15. The second-order valence-corrected chi connectivity index (χ2v) is 9.19. The van der Waals surface area contributed by atoms with Gasteiger partial charge in [0.15, 0.2) is 5.13 Å². The number of aliphatic hydroxyl groups is 1. The summed E-state index contributed by atoms with van der Waals surface area (Å²) >= 11 is 1.16. The van der Waals surface area contributed by atoms with Crippen molar-refractivity contribution in [1.82, 2.24) is 4.98 Å². The summed E-state index contributed by atoms with van der Waals surface area (Å²) in [6, 6.07) is 11.2. The number of non-ortho nitro benzene ring substituents is 1. The van der Waals surface area contributed by atoms with Crippen LogP contribution in [0.25, 0.3) is 16.0 Å². The van der Waals surface area contributed by atoms with Crippen molar-refractivity contribution in [3.63, 3.8) is 0 Å². The first-order valence-corrected chi connectivity index (χ1v) is 11.6. The van der Waals surface area contributed by atoms with E-state index in [-0.39, 0.29) is 27.5 Å². The minimum absolute atomic E-state index is 0.205. The molecule has 0 radical (unpaired) electrons. The Hall–Kier alpha value is -4.51. The maximum Gasteiger partial charge on any atom is 0.301 e. The highest BCUT2D eigenvalue weighted by molar-refractivity contribution is 7.22. The van der Waals surface area contributed by atoms with Gasteiger partial charge in [0.05, 0.1) is 39.4 Å². The van der Waals surface area contributed by atoms with E-state index in [1.165, 1.54) is 30.2 Å². The molecule has 1 aliphatic rings. The van der Waals surface area contributed by atoms with Crippen LogP contribution in [-0.2, 0) is 9.59 Å². The monoisotopic (exact) mass is 505 g/mol. The topological polar surface area (TPSA) is 136 Å². The molecule has 3 heterocycles. The minimum Gasteiger partial charge on any atom is -0.507 e. The summed E-state index contributed by atoms with van der Waals surface area (Å²) in [6.07, 6.45) is 0. The van der Waals surface area contributed by atoms with Crippen molar-refractivity contribution in [3.05, 3.63) is 86.9 Å². The summed E-state index contributed by atoms with van der Waals surface area (Å²) in [5, 5.41) is 22.9. The number of amides is 1. The van der Waals surface area contributed by atoms with Crippen molar-refractivity contribution in [2.24, 2.45) is 0 Å². The number of carbonyl (C=O) groups is 2. The Morgan fingerprint density at radius 3 is 2.64 bits per heavy atom. The van der Waals surface area contributed by atoms with Crippen LogP contribution in [0.1, 0.15) is 28.7 Å². The summed E-state index contributed by atoms with van der Waals surface area (Å²) < 4.78 is 11.5. The van der Waals surface area contributed by atoms with Gasteiger partial charge < -0.3 is 14.3 Å². The summed E-state index contributed by atoms with van der Waals surface area (Å²) in [7, 11) is 1.53. The van der Waals surface area contributed by atoms with Gasteiger partial charge in [0.25, 0.3) is 11.5 Å². The van der Waals surface area contributed by atoms with E-state index in [1.807, 2.05) is 0 Å². The fourth-order valence-electron chi connectivity index (χ4n) is 4.29. The molecule has 2 aromatic carbocycles. The summed E-state index contributed by atoms with van der Waals surface area (Å²) in [4.78, 5) is 43.3. The number of furan rings is 1. The quantitative estimate of drug-likeness (QED) is 0.131. The number of hydrogen-bond acceptors (Lipinski definition) is 9. The number of methoxy groups -OCH3 is 1. The Morgan fingerprint density at radius 1 is 1.19 bits per heavy atom. The number of anilines is 1. The molecule has 0 spiro atoms. The van der Waals surface area contributed by atoms with Crippen LogP contribution in [0.3, 0.4) is 0 Å². The molecule has 36 heavy (non-hydrogen) atoms. The smallest absolute Gasteiger partial charge is 0.301 e. The zero-order valence-corrected chi connectivity index (χ0v) is 20.2. The lowest BCUT2D eigenvalue weighted by Gasteiger charge is -2.22. The van der Waals surface area contributed by atoms with Crippen molar-refractivity contribution in [2.75, 3.05) is 12.0 Å². The largest absolute Gasteiger partial charge is 0.507 e. The predicted octanol–water partition coefficient (Wildman–Crippen LogP) is 5.05. The first-order valence-electron chi connectivity index (χ1n) is 10.8. The van der Waals surface area contributed by atoms with Gasteiger partial charge in [0.1, 0.15) is 23.0 Å². The van der Waals surface area contributed by atoms with Gasteiger partial charge >= 0.3 is 5.91 Å². The van der Waals surface area contributed by atoms with Crippen LogP contribution in [0.2, 0.25) is 0 Å². The maximum absolute atomic E-state index is 13.4. The number of fused-ring (bicyclic) bond motifs is 1. The van der Waals surface area contributed by atoms with Crippen LogP contribution in [0.15, 0.2) is 58.5 Å². The van der Waals surface area contributed by atoms with Gasteiger partial charge in [-0.1, -0.05) is 23.5 Å². The van der Waals surface area contributed by atoms with Gasteiger partial charge in [0, 0.05) is 12.1 Å². The standard InChI is InChI=1S/C25H19N3O7S/c1-12-9-17(13(2)35-12)22(29)20-21(14-5-4-6-15(10-14)28(32)33)27(24(31)23(20)30)25-26-18-8-7-16(34-3)11-19(18)36-25/h4-11,21,29H,1-3H3/b22-20+. The third kappa shape index (κ3) is 3.69. The van der Waals surface area contributed by atoms with Crippen LogP contribution >= 0.6 is 11.3 Å². The van der Waals surface area contributed by atoms with Crippen molar-refractivity contribution >= 4 is 49.8 Å². The number of aliphatic hydroxyl groups excluding tert-OH is 1. The van der Waals surface area contributed by atoms with Gasteiger partial charge in [-0.15, -0.1) is 0 Å². The number of carbonyl (C=O) groups excluding carboxylic acids is 2. The number of hydrogen-bond donors (Lipinski definition) is 1. The number of nitro benzene ring substituents is 1. The number of Topliss-reactive ketones (excluding diaryl/α,β-unsaturated/α-hetero) is 1. The molecular weight excluding hydrogens is 486 g/mol. The predicted molar refractivity (Wildman–Crippen MR) is 132 cm³/mol. The molecule has 1 unspecified atom stereocenters. The Kier molecular flexibility index (Phi) is 5.56. The number of thiazole rings is 1. The summed E-state index contributed by atoms with van der Waals surface area (Å²) in [5.41, 5.74) is 0.690. The van der Waals surface area contributed by atoms with Crippen LogP contribution in [0.4, 0.5) is 10.8 Å². The van der Waals surface area contributed by atoms with Gasteiger partial charge in [-0.05, 0) is 43.7 Å². The Bertz CT molecular complexity index is 1600. The molecule has 5 rings (SSSR count). The molecule has 4 aromatic rings. The van der Waals surface area contributed by atoms with E-state index in [0.29, 0.717) is 27.5 Å². The fraction of sp³-hybridized carbons (Fsp3) is 0.160.